The van der Waals surface area contributed by atoms with Crippen molar-refractivity contribution in [1.29, 1.82) is 0 Å². The highest BCUT2D eigenvalue weighted by Gasteiger charge is 2.25. The van der Waals surface area contributed by atoms with E-state index in [-0.39, 0.29) is 5.82 Å². The minimum Gasteiger partial charge on any atom is -0.367 e. The van der Waals surface area contributed by atoms with Gasteiger partial charge in [0.15, 0.2) is 0 Å². The molecule has 1 aliphatic heterocycles. The van der Waals surface area contributed by atoms with E-state index >= 15 is 0 Å². The first-order valence-electron chi connectivity index (χ1n) is 7.04. The number of anilines is 1. The Morgan fingerprint density at radius 2 is 2.23 bits per heavy atom. The number of hydrogen-bond donors (Lipinski definition) is 2. The molecule has 114 valence electrons. The Morgan fingerprint density at radius 3 is 2.86 bits per heavy atom. The second kappa shape index (κ2) is 6.02. The van der Waals surface area contributed by atoms with Crippen LogP contribution in [-0.2, 0) is 0 Å². The molecule has 3 N–H and O–H groups in total. The van der Waals surface area contributed by atoms with Crippen molar-refractivity contribution < 1.29 is 4.79 Å². The van der Waals surface area contributed by atoms with Gasteiger partial charge < -0.3 is 16.0 Å². The van der Waals surface area contributed by atoms with E-state index in [0.29, 0.717) is 17.4 Å². The number of nitrogens with two attached hydrogens (primary N) is 1. The third kappa shape index (κ3) is 2.73. The number of carbonyl (C=O) groups is 1. The molecule has 2 aromatic rings. The molecule has 1 amide bonds. The fraction of sp³-hybridized carbons (Fsp3) is 0.357. The topological polar surface area (TPSA) is 110 Å². The van der Waals surface area contributed by atoms with Crippen molar-refractivity contribution in [1.82, 2.24) is 25.3 Å². The first-order valence-corrected chi connectivity index (χ1v) is 7.04. The Hall–Kier alpha value is -2.61. The zero-order chi connectivity index (χ0) is 15.5. The highest BCUT2D eigenvalue weighted by atomic mass is 16.1. The molecule has 0 spiro atoms. The lowest BCUT2D eigenvalue weighted by Gasteiger charge is -2.20. The Labute approximate surface area is 127 Å². The molecule has 8 nitrogen and oxygen atoms in total. The number of amides is 1. The van der Waals surface area contributed by atoms with E-state index in [1.54, 1.807) is 24.8 Å². The molecule has 0 radical (unpaired) electrons. The zero-order valence-electron chi connectivity index (χ0n) is 12.2. The highest BCUT2D eigenvalue weighted by molar-refractivity contribution is 5.90. The monoisotopic (exact) mass is 299 g/mol. The summed E-state index contributed by atoms with van der Waals surface area (Å²) in [5.41, 5.74) is 7.29. The molecule has 1 aliphatic rings. The molecule has 22 heavy (non-hydrogen) atoms. The summed E-state index contributed by atoms with van der Waals surface area (Å²) in [5.74, 6) is -0.681. The van der Waals surface area contributed by atoms with E-state index in [1.165, 1.54) is 0 Å². The number of rotatable bonds is 4. The van der Waals surface area contributed by atoms with Crippen molar-refractivity contribution in [3.63, 3.8) is 0 Å². The maximum absolute atomic E-state index is 11.4. The predicted octanol–water partition coefficient (Wildman–Crippen LogP) is -0.169. The standard InChI is InChI=1S/C14H17N7O/c1-16-9-2-5-21(8-9)11-7-19-14(13(15)22)20-12(11)10-6-17-3-4-18-10/h3-4,6-7,9,16H,2,5,8H2,1H3,(H2,15,22). The molecule has 8 heteroatoms. The molecule has 0 bridgehead atoms. The number of carbonyl (C=O) groups excluding carboxylic acids is 1. The van der Waals surface area contributed by atoms with E-state index in [9.17, 15) is 4.79 Å². The lowest BCUT2D eigenvalue weighted by atomic mass is 10.2. The molecule has 1 fully saturated rings. The average Bonchev–Trinajstić information content (AvgIpc) is 3.04. The van der Waals surface area contributed by atoms with Crippen molar-refractivity contribution in [2.24, 2.45) is 5.73 Å². The van der Waals surface area contributed by atoms with Gasteiger partial charge in [-0.05, 0) is 13.5 Å². The van der Waals surface area contributed by atoms with Gasteiger partial charge in [0.1, 0.15) is 11.4 Å². The number of nitrogens with one attached hydrogen (secondary N) is 1. The van der Waals surface area contributed by atoms with E-state index in [4.69, 9.17) is 5.73 Å². The van der Waals surface area contributed by atoms with Crippen LogP contribution in [0.4, 0.5) is 5.69 Å². The SMILES string of the molecule is CNC1CCN(c2cnc(C(N)=O)nc2-c2cnccn2)C1. The number of primary amides is 1. The Bertz CT molecular complexity index is 676. The van der Waals surface area contributed by atoms with E-state index in [2.05, 4.69) is 30.2 Å². The summed E-state index contributed by atoms with van der Waals surface area (Å²) in [4.78, 5) is 30.2. The number of nitrogens with zero attached hydrogens (tertiary/aromatic N) is 5. The van der Waals surface area contributed by atoms with Crippen molar-refractivity contribution in [3.8, 4) is 11.4 Å². The van der Waals surface area contributed by atoms with Gasteiger partial charge in [0, 0.05) is 31.5 Å². The van der Waals surface area contributed by atoms with Gasteiger partial charge in [0.2, 0.25) is 5.82 Å². The van der Waals surface area contributed by atoms with Crippen LogP contribution < -0.4 is 16.0 Å². The summed E-state index contributed by atoms with van der Waals surface area (Å²) >= 11 is 0. The summed E-state index contributed by atoms with van der Waals surface area (Å²) in [6, 6.07) is 0.422. The van der Waals surface area contributed by atoms with Crippen LogP contribution in [0.25, 0.3) is 11.4 Å². The molecule has 0 aliphatic carbocycles. The molecule has 3 rings (SSSR count). The summed E-state index contributed by atoms with van der Waals surface area (Å²) in [7, 11) is 1.95. The number of aromatic nitrogens is 4. The van der Waals surface area contributed by atoms with Gasteiger partial charge in [-0.25, -0.2) is 9.97 Å². The van der Waals surface area contributed by atoms with Gasteiger partial charge in [-0.1, -0.05) is 0 Å². The maximum atomic E-state index is 11.4. The minimum absolute atomic E-state index is 0.0197. The second-order valence-electron chi connectivity index (χ2n) is 5.10. The lowest BCUT2D eigenvalue weighted by Crippen LogP contribution is -2.30. The molecule has 0 aromatic carbocycles. The minimum atomic E-state index is -0.661. The van der Waals surface area contributed by atoms with Crippen LogP contribution in [0.5, 0.6) is 0 Å². The van der Waals surface area contributed by atoms with Crippen LogP contribution in [0, 0.1) is 0 Å². The largest absolute Gasteiger partial charge is 0.367 e. The van der Waals surface area contributed by atoms with E-state index < -0.39 is 5.91 Å². The van der Waals surface area contributed by atoms with Crippen molar-refractivity contribution >= 4 is 11.6 Å². The number of likely N-dealkylation sites (N-methyl/N-ethyl adjacent to an activating group) is 1. The quantitative estimate of drug-likeness (QED) is 0.806. The molecule has 1 atom stereocenters. The van der Waals surface area contributed by atoms with Crippen LogP contribution in [0.3, 0.4) is 0 Å². The summed E-state index contributed by atoms with van der Waals surface area (Å²) < 4.78 is 0. The molecule has 0 saturated carbocycles. The predicted molar refractivity (Wildman–Crippen MR) is 81.3 cm³/mol. The maximum Gasteiger partial charge on any atom is 0.286 e. The Kier molecular flexibility index (Phi) is 3.92. The summed E-state index contributed by atoms with van der Waals surface area (Å²) in [5, 5.41) is 3.27. The smallest absolute Gasteiger partial charge is 0.286 e. The van der Waals surface area contributed by atoms with Gasteiger partial charge >= 0.3 is 0 Å². The van der Waals surface area contributed by atoms with Crippen molar-refractivity contribution in [3.05, 3.63) is 30.6 Å². The van der Waals surface area contributed by atoms with Gasteiger partial charge in [-0.15, -0.1) is 0 Å². The third-order valence-corrected chi connectivity index (χ3v) is 3.73. The van der Waals surface area contributed by atoms with Crippen LogP contribution in [0.1, 0.15) is 17.0 Å². The Balaban J connectivity index is 2.04. The first kappa shape index (κ1) is 14.3. The van der Waals surface area contributed by atoms with Crippen LogP contribution >= 0.6 is 0 Å². The van der Waals surface area contributed by atoms with Crippen LogP contribution in [-0.4, -0.2) is 52.0 Å². The molecular weight excluding hydrogens is 282 g/mol. The third-order valence-electron chi connectivity index (χ3n) is 3.73. The Morgan fingerprint density at radius 1 is 1.36 bits per heavy atom. The molecule has 1 unspecified atom stereocenters. The van der Waals surface area contributed by atoms with E-state index in [0.717, 1.165) is 25.2 Å². The molecule has 2 aromatic heterocycles. The van der Waals surface area contributed by atoms with Crippen molar-refractivity contribution in [2.45, 2.75) is 12.5 Å². The van der Waals surface area contributed by atoms with Crippen molar-refractivity contribution in [2.75, 3.05) is 25.0 Å². The normalized spacial score (nSPS) is 17.7. The van der Waals surface area contributed by atoms with Crippen LogP contribution in [0.15, 0.2) is 24.8 Å². The summed E-state index contributed by atoms with van der Waals surface area (Å²) in [6.45, 7) is 1.74. The van der Waals surface area contributed by atoms with Gasteiger partial charge in [0.05, 0.1) is 18.1 Å². The lowest BCUT2D eigenvalue weighted by molar-refractivity contribution is 0.0990. The number of hydrogen-bond acceptors (Lipinski definition) is 7. The van der Waals surface area contributed by atoms with Gasteiger partial charge in [0.25, 0.3) is 5.91 Å². The zero-order valence-corrected chi connectivity index (χ0v) is 12.2. The first-order chi connectivity index (χ1) is 10.7. The molecule has 3 heterocycles. The van der Waals surface area contributed by atoms with Crippen LogP contribution in [0.2, 0.25) is 0 Å². The highest BCUT2D eigenvalue weighted by Crippen LogP contribution is 2.29. The molecular formula is C14H17N7O. The average molecular weight is 299 g/mol. The fourth-order valence-corrected chi connectivity index (χ4v) is 2.55. The summed E-state index contributed by atoms with van der Waals surface area (Å²) in [6.07, 6.45) is 7.46. The molecule has 1 saturated heterocycles. The van der Waals surface area contributed by atoms with Gasteiger partial charge in [-0.2, -0.15) is 0 Å². The van der Waals surface area contributed by atoms with Gasteiger partial charge in [-0.3, -0.25) is 14.8 Å². The second-order valence-corrected chi connectivity index (χ2v) is 5.10. The van der Waals surface area contributed by atoms with E-state index in [1.807, 2.05) is 7.05 Å². The fourth-order valence-electron chi connectivity index (χ4n) is 2.55.